The standard InChI is InChI=1S/C29H23ClN2O4/c1-2-36-25-16-6-5-15-24(25)31(27(33)20-11-3-4-14-23(20)30)17-18-32-28(34)21-12-7-9-19-10-8-13-22(26(19)21)29(32)35/h3-16H,2,17-18H2,1H3. The minimum Gasteiger partial charge on any atom is -0.492 e. The molecule has 0 radical (unpaired) electrons. The molecule has 0 bridgehead atoms. The van der Waals surface area contributed by atoms with E-state index in [0.29, 0.717) is 45.1 Å². The number of carbonyl (C=O) groups excluding carboxylic acids is 3. The van der Waals surface area contributed by atoms with Gasteiger partial charge in [0.05, 0.1) is 22.9 Å². The highest BCUT2D eigenvalue weighted by Crippen LogP contribution is 2.32. The second-order valence-corrected chi connectivity index (χ2v) is 8.72. The molecule has 180 valence electrons. The van der Waals surface area contributed by atoms with Gasteiger partial charge in [-0.15, -0.1) is 0 Å². The number of amides is 3. The van der Waals surface area contributed by atoms with E-state index in [4.69, 9.17) is 16.3 Å². The first-order valence-electron chi connectivity index (χ1n) is 11.7. The lowest BCUT2D eigenvalue weighted by atomic mass is 9.94. The summed E-state index contributed by atoms with van der Waals surface area (Å²) in [6.45, 7) is 2.33. The Morgan fingerprint density at radius 2 is 1.50 bits per heavy atom. The lowest BCUT2D eigenvalue weighted by Crippen LogP contribution is -2.46. The molecule has 36 heavy (non-hydrogen) atoms. The topological polar surface area (TPSA) is 66.9 Å². The maximum atomic E-state index is 13.7. The van der Waals surface area contributed by atoms with Crippen LogP contribution in [0, 0.1) is 0 Å². The van der Waals surface area contributed by atoms with Crippen molar-refractivity contribution in [2.24, 2.45) is 0 Å². The van der Waals surface area contributed by atoms with Crippen molar-refractivity contribution in [2.75, 3.05) is 24.6 Å². The van der Waals surface area contributed by atoms with Gasteiger partial charge in [0, 0.05) is 29.6 Å². The molecule has 4 aromatic carbocycles. The molecule has 6 nitrogen and oxygen atoms in total. The van der Waals surface area contributed by atoms with Crippen molar-refractivity contribution < 1.29 is 19.1 Å². The number of imide groups is 1. The lowest BCUT2D eigenvalue weighted by molar-refractivity contribution is 0.0611. The number of rotatable bonds is 7. The zero-order chi connectivity index (χ0) is 25.2. The van der Waals surface area contributed by atoms with E-state index < -0.39 is 0 Å². The molecular formula is C29H23ClN2O4. The molecule has 1 aliphatic rings. The van der Waals surface area contributed by atoms with Crippen molar-refractivity contribution in [2.45, 2.75) is 6.92 Å². The number of carbonyl (C=O) groups is 3. The van der Waals surface area contributed by atoms with Crippen molar-refractivity contribution >= 4 is 45.8 Å². The number of hydrogen-bond donors (Lipinski definition) is 0. The summed E-state index contributed by atoms with van der Waals surface area (Å²) in [6, 6.07) is 24.8. The molecule has 5 rings (SSSR count). The largest absolute Gasteiger partial charge is 0.492 e. The van der Waals surface area contributed by atoms with Gasteiger partial charge in [-0.05, 0) is 48.7 Å². The normalized spacial score (nSPS) is 12.7. The summed E-state index contributed by atoms with van der Waals surface area (Å²) in [4.78, 5) is 43.2. The van der Waals surface area contributed by atoms with E-state index in [9.17, 15) is 14.4 Å². The third-order valence-corrected chi connectivity index (χ3v) is 6.54. The van der Waals surface area contributed by atoms with Gasteiger partial charge >= 0.3 is 0 Å². The van der Waals surface area contributed by atoms with Crippen LogP contribution in [0.1, 0.15) is 38.0 Å². The molecule has 0 unspecified atom stereocenters. The summed E-state index contributed by atoms with van der Waals surface area (Å²) < 4.78 is 5.78. The first kappa shape index (κ1) is 23.6. The van der Waals surface area contributed by atoms with Gasteiger partial charge in [0.1, 0.15) is 5.75 Å². The number of para-hydroxylation sites is 2. The Hall–Kier alpha value is -4.16. The minimum absolute atomic E-state index is 0.000952. The van der Waals surface area contributed by atoms with Gasteiger partial charge in [0.15, 0.2) is 0 Å². The van der Waals surface area contributed by atoms with Crippen LogP contribution in [-0.4, -0.2) is 42.3 Å². The van der Waals surface area contributed by atoms with E-state index in [0.717, 1.165) is 5.39 Å². The van der Waals surface area contributed by atoms with E-state index >= 15 is 0 Å². The third kappa shape index (κ3) is 4.10. The molecule has 0 aliphatic carbocycles. The SMILES string of the molecule is CCOc1ccccc1N(CCN1C(=O)c2cccc3cccc(c23)C1=O)C(=O)c1ccccc1Cl. The second kappa shape index (κ2) is 9.84. The van der Waals surface area contributed by atoms with E-state index in [1.165, 1.54) is 9.80 Å². The summed E-state index contributed by atoms with van der Waals surface area (Å²) in [5, 5.41) is 1.82. The van der Waals surface area contributed by atoms with Crippen LogP contribution in [0.15, 0.2) is 84.9 Å². The first-order valence-corrected chi connectivity index (χ1v) is 12.0. The van der Waals surface area contributed by atoms with Crippen LogP contribution in [0.5, 0.6) is 5.75 Å². The van der Waals surface area contributed by atoms with Crippen LogP contribution in [0.25, 0.3) is 10.8 Å². The number of anilines is 1. The Balaban J connectivity index is 1.51. The molecule has 3 amide bonds. The fraction of sp³-hybridized carbons (Fsp3) is 0.138. The van der Waals surface area contributed by atoms with Gasteiger partial charge in [0.2, 0.25) is 0 Å². The highest BCUT2D eigenvalue weighted by molar-refractivity contribution is 6.34. The van der Waals surface area contributed by atoms with Crippen molar-refractivity contribution in [1.29, 1.82) is 0 Å². The zero-order valence-electron chi connectivity index (χ0n) is 19.6. The maximum absolute atomic E-state index is 13.7. The summed E-state index contributed by atoms with van der Waals surface area (Å²) >= 11 is 6.35. The highest BCUT2D eigenvalue weighted by atomic mass is 35.5. The summed E-state index contributed by atoms with van der Waals surface area (Å²) in [5.74, 6) is -0.598. The molecule has 7 heteroatoms. The summed E-state index contributed by atoms with van der Waals surface area (Å²) in [7, 11) is 0. The van der Waals surface area contributed by atoms with Crippen molar-refractivity contribution in [3.63, 3.8) is 0 Å². The molecule has 0 spiro atoms. The van der Waals surface area contributed by atoms with Crippen LogP contribution < -0.4 is 9.64 Å². The van der Waals surface area contributed by atoms with Crippen LogP contribution in [0.3, 0.4) is 0 Å². The molecule has 0 N–H and O–H groups in total. The fourth-order valence-electron chi connectivity index (χ4n) is 4.55. The van der Waals surface area contributed by atoms with E-state index in [1.807, 2.05) is 25.1 Å². The van der Waals surface area contributed by atoms with E-state index in [1.54, 1.807) is 66.7 Å². The van der Waals surface area contributed by atoms with Gasteiger partial charge < -0.3 is 9.64 Å². The smallest absolute Gasteiger partial charge is 0.261 e. The Bertz CT molecular complexity index is 1450. The van der Waals surface area contributed by atoms with E-state index in [-0.39, 0.29) is 30.8 Å². The average molecular weight is 499 g/mol. The monoisotopic (exact) mass is 498 g/mol. The molecular weight excluding hydrogens is 476 g/mol. The summed E-state index contributed by atoms with van der Waals surface area (Å²) in [5.41, 5.74) is 1.79. The van der Waals surface area contributed by atoms with Gasteiger partial charge in [-0.1, -0.05) is 60.1 Å². The molecule has 0 aromatic heterocycles. The van der Waals surface area contributed by atoms with Gasteiger partial charge in [-0.2, -0.15) is 0 Å². The molecule has 0 saturated carbocycles. The van der Waals surface area contributed by atoms with Crippen LogP contribution in [0.2, 0.25) is 5.02 Å². The Labute approximate surface area is 213 Å². The Morgan fingerprint density at radius 1 is 0.861 bits per heavy atom. The second-order valence-electron chi connectivity index (χ2n) is 8.31. The average Bonchev–Trinajstić information content (AvgIpc) is 2.90. The zero-order valence-corrected chi connectivity index (χ0v) is 20.4. The maximum Gasteiger partial charge on any atom is 0.261 e. The van der Waals surface area contributed by atoms with Gasteiger partial charge in [0.25, 0.3) is 17.7 Å². The Morgan fingerprint density at radius 3 is 2.17 bits per heavy atom. The fourth-order valence-corrected chi connectivity index (χ4v) is 4.77. The molecule has 0 saturated heterocycles. The first-order chi connectivity index (χ1) is 17.5. The molecule has 4 aromatic rings. The number of halogens is 1. The number of ether oxygens (including phenoxy) is 1. The number of benzene rings is 4. The molecule has 1 heterocycles. The van der Waals surface area contributed by atoms with E-state index in [2.05, 4.69) is 0 Å². The quantitative estimate of drug-likeness (QED) is 0.300. The van der Waals surface area contributed by atoms with Crippen LogP contribution in [-0.2, 0) is 0 Å². The van der Waals surface area contributed by atoms with Crippen LogP contribution >= 0.6 is 11.6 Å². The molecule has 0 fully saturated rings. The van der Waals surface area contributed by atoms with Gasteiger partial charge in [-0.3, -0.25) is 19.3 Å². The molecule has 0 atom stereocenters. The minimum atomic E-state index is -0.382. The Kier molecular flexibility index (Phi) is 6.44. The predicted molar refractivity (Wildman–Crippen MR) is 140 cm³/mol. The third-order valence-electron chi connectivity index (χ3n) is 6.21. The lowest BCUT2D eigenvalue weighted by Gasteiger charge is -2.31. The predicted octanol–water partition coefficient (Wildman–Crippen LogP) is 5.83. The number of hydrogen-bond acceptors (Lipinski definition) is 4. The van der Waals surface area contributed by atoms with Crippen molar-refractivity contribution in [1.82, 2.24) is 4.90 Å². The van der Waals surface area contributed by atoms with Crippen molar-refractivity contribution in [3.05, 3.63) is 107 Å². The van der Waals surface area contributed by atoms with Crippen molar-refractivity contribution in [3.8, 4) is 5.75 Å². The number of nitrogens with zero attached hydrogens (tertiary/aromatic N) is 2. The summed E-state index contributed by atoms with van der Waals surface area (Å²) in [6.07, 6.45) is 0. The highest BCUT2D eigenvalue weighted by Gasteiger charge is 2.33. The van der Waals surface area contributed by atoms with Gasteiger partial charge in [-0.25, -0.2) is 0 Å². The molecule has 1 aliphatic heterocycles. The van der Waals surface area contributed by atoms with Crippen LogP contribution in [0.4, 0.5) is 5.69 Å².